The largest absolute Gasteiger partial charge is 0.493 e. The Kier molecular flexibility index (Phi) is 4.78. The smallest absolute Gasteiger partial charge is 0.254 e. The number of aromatic nitrogens is 2. The molecule has 0 aliphatic carbocycles. The summed E-state index contributed by atoms with van der Waals surface area (Å²) < 4.78 is 47.2. The second-order valence-corrected chi connectivity index (χ2v) is 4.94. The third kappa shape index (κ3) is 3.68. The summed E-state index contributed by atoms with van der Waals surface area (Å²) in [6.07, 6.45) is 0. The molecule has 0 saturated carbocycles. The zero-order valence-corrected chi connectivity index (χ0v) is 13.5. The summed E-state index contributed by atoms with van der Waals surface area (Å²) in [6, 6.07) is 8.40. The van der Waals surface area contributed by atoms with Crippen LogP contribution >= 0.6 is 0 Å². The molecule has 2 aromatic carbocycles. The molecule has 130 valence electrons. The maximum absolute atomic E-state index is 13.1. The molecule has 1 heterocycles. The van der Waals surface area contributed by atoms with Crippen molar-refractivity contribution in [3.8, 4) is 28.7 Å². The van der Waals surface area contributed by atoms with Gasteiger partial charge in [0.1, 0.15) is 5.75 Å². The van der Waals surface area contributed by atoms with Crippen LogP contribution in [0.5, 0.6) is 17.2 Å². The summed E-state index contributed by atoms with van der Waals surface area (Å²) in [5, 5.41) is 7.80. The van der Waals surface area contributed by atoms with Gasteiger partial charge in [-0.2, -0.15) is 0 Å². The molecule has 0 bridgehead atoms. The quantitative estimate of drug-likeness (QED) is 0.678. The lowest BCUT2D eigenvalue weighted by atomic mass is 10.2. The van der Waals surface area contributed by atoms with Crippen LogP contribution in [0.15, 0.2) is 40.8 Å². The first-order valence-corrected chi connectivity index (χ1v) is 7.23. The lowest BCUT2D eigenvalue weighted by Gasteiger charge is -2.07. The SMILES string of the molecule is COc1ccc(-c2nnc(COc3ccc(F)c(F)c3)o2)cc1OC. The van der Waals surface area contributed by atoms with Crippen LogP contribution in [0, 0.1) is 11.6 Å². The number of halogens is 2. The first kappa shape index (κ1) is 16.7. The molecule has 1 aromatic heterocycles. The minimum Gasteiger partial charge on any atom is -0.493 e. The Labute approximate surface area is 142 Å². The van der Waals surface area contributed by atoms with E-state index in [1.54, 1.807) is 18.2 Å². The second kappa shape index (κ2) is 7.16. The normalized spacial score (nSPS) is 10.6. The molecule has 25 heavy (non-hydrogen) atoms. The number of ether oxygens (including phenoxy) is 3. The summed E-state index contributed by atoms with van der Waals surface area (Å²) in [4.78, 5) is 0. The standard InChI is InChI=1S/C17H14F2N2O4/c1-22-14-6-3-10(7-15(14)23-2)17-21-20-16(25-17)9-24-11-4-5-12(18)13(19)8-11/h3-8H,9H2,1-2H3. The van der Waals surface area contributed by atoms with Crippen LogP contribution in [0.4, 0.5) is 8.78 Å². The number of rotatable bonds is 6. The monoisotopic (exact) mass is 348 g/mol. The number of methoxy groups -OCH3 is 2. The predicted octanol–water partition coefficient (Wildman–Crippen LogP) is 3.61. The van der Waals surface area contributed by atoms with E-state index in [0.717, 1.165) is 12.1 Å². The molecule has 0 aliphatic rings. The first-order chi connectivity index (χ1) is 12.1. The van der Waals surface area contributed by atoms with Crippen molar-refractivity contribution < 1.29 is 27.4 Å². The number of hydrogen-bond acceptors (Lipinski definition) is 6. The lowest BCUT2D eigenvalue weighted by molar-refractivity contribution is 0.262. The predicted molar refractivity (Wildman–Crippen MR) is 83.5 cm³/mol. The molecule has 0 unspecified atom stereocenters. The van der Waals surface area contributed by atoms with Gasteiger partial charge in [-0.15, -0.1) is 10.2 Å². The van der Waals surface area contributed by atoms with Crippen molar-refractivity contribution in [3.63, 3.8) is 0 Å². The van der Waals surface area contributed by atoms with Gasteiger partial charge in [-0.05, 0) is 30.3 Å². The summed E-state index contributed by atoms with van der Waals surface area (Å²) in [7, 11) is 3.06. The van der Waals surface area contributed by atoms with Gasteiger partial charge < -0.3 is 18.6 Å². The van der Waals surface area contributed by atoms with Gasteiger partial charge in [0.25, 0.3) is 5.89 Å². The fourth-order valence-electron chi connectivity index (χ4n) is 2.11. The molecule has 0 N–H and O–H groups in total. The Morgan fingerprint density at radius 2 is 1.72 bits per heavy atom. The van der Waals surface area contributed by atoms with Gasteiger partial charge in [0.2, 0.25) is 5.89 Å². The first-order valence-electron chi connectivity index (χ1n) is 7.23. The van der Waals surface area contributed by atoms with E-state index in [2.05, 4.69) is 10.2 Å². The zero-order chi connectivity index (χ0) is 17.8. The minimum absolute atomic E-state index is 0.0780. The van der Waals surface area contributed by atoms with E-state index in [-0.39, 0.29) is 24.1 Å². The van der Waals surface area contributed by atoms with Crippen molar-refractivity contribution in [1.82, 2.24) is 10.2 Å². The topological polar surface area (TPSA) is 66.6 Å². The molecular weight excluding hydrogens is 334 g/mol. The highest BCUT2D eigenvalue weighted by Gasteiger charge is 2.13. The van der Waals surface area contributed by atoms with Gasteiger partial charge in [-0.3, -0.25) is 0 Å². The van der Waals surface area contributed by atoms with Crippen molar-refractivity contribution >= 4 is 0 Å². The highest BCUT2D eigenvalue weighted by atomic mass is 19.2. The molecule has 0 amide bonds. The van der Waals surface area contributed by atoms with Crippen LogP contribution < -0.4 is 14.2 Å². The Balaban J connectivity index is 1.73. The second-order valence-electron chi connectivity index (χ2n) is 4.94. The third-order valence-electron chi connectivity index (χ3n) is 3.35. The van der Waals surface area contributed by atoms with Gasteiger partial charge >= 0.3 is 0 Å². The van der Waals surface area contributed by atoms with Crippen molar-refractivity contribution in [1.29, 1.82) is 0 Å². The highest BCUT2D eigenvalue weighted by molar-refractivity contribution is 5.59. The number of benzene rings is 2. The molecule has 6 nitrogen and oxygen atoms in total. The highest BCUT2D eigenvalue weighted by Crippen LogP contribution is 2.31. The van der Waals surface area contributed by atoms with Crippen LogP contribution in [-0.4, -0.2) is 24.4 Å². The van der Waals surface area contributed by atoms with Crippen LogP contribution in [0.2, 0.25) is 0 Å². The molecular formula is C17H14F2N2O4. The maximum Gasteiger partial charge on any atom is 0.254 e. The summed E-state index contributed by atoms with van der Waals surface area (Å²) >= 11 is 0. The lowest BCUT2D eigenvalue weighted by Crippen LogP contribution is -1.96. The van der Waals surface area contributed by atoms with Crippen molar-refractivity contribution in [2.75, 3.05) is 14.2 Å². The minimum atomic E-state index is -0.992. The maximum atomic E-state index is 13.1. The molecule has 0 atom stereocenters. The third-order valence-corrected chi connectivity index (χ3v) is 3.35. The van der Waals surface area contributed by atoms with Gasteiger partial charge in [0, 0.05) is 11.6 Å². The fourth-order valence-corrected chi connectivity index (χ4v) is 2.11. The van der Waals surface area contributed by atoms with E-state index in [0.29, 0.717) is 17.1 Å². The Bertz CT molecular complexity index is 883. The number of nitrogens with zero attached hydrogens (tertiary/aromatic N) is 2. The molecule has 0 aliphatic heterocycles. The average Bonchev–Trinajstić information content (AvgIpc) is 3.11. The summed E-state index contributed by atoms with van der Waals surface area (Å²) in [5.74, 6) is -0.218. The van der Waals surface area contributed by atoms with Crippen molar-refractivity contribution in [3.05, 3.63) is 53.9 Å². The molecule has 0 saturated heterocycles. The molecule has 3 aromatic rings. The zero-order valence-electron chi connectivity index (χ0n) is 13.5. The van der Waals surface area contributed by atoms with Gasteiger partial charge in [-0.25, -0.2) is 8.78 Å². The van der Waals surface area contributed by atoms with E-state index in [9.17, 15) is 8.78 Å². The Morgan fingerprint density at radius 3 is 2.44 bits per heavy atom. The molecule has 0 radical (unpaired) electrons. The molecule has 8 heteroatoms. The number of hydrogen-bond donors (Lipinski definition) is 0. The van der Waals surface area contributed by atoms with E-state index < -0.39 is 11.6 Å². The van der Waals surface area contributed by atoms with E-state index in [1.165, 1.54) is 20.3 Å². The Morgan fingerprint density at radius 1 is 0.920 bits per heavy atom. The van der Waals surface area contributed by atoms with E-state index >= 15 is 0 Å². The van der Waals surface area contributed by atoms with Crippen molar-refractivity contribution in [2.45, 2.75) is 6.61 Å². The van der Waals surface area contributed by atoms with E-state index in [4.69, 9.17) is 18.6 Å². The molecule has 0 fully saturated rings. The van der Waals surface area contributed by atoms with Crippen LogP contribution in [0.3, 0.4) is 0 Å². The fraction of sp³-hybridized carbons (Fsp3) is 0.176. The van der Waals surface area contributed by atoms with Crippen LogP contribution in [0.25, 0.3) is 11.5 Å². The van der Waals surface area contributed by atoms with Gasteiger partial charge in [0.05, 0.1) is 14.2 Å². The van der Waals surface area contributed by atoms with Crippen LogP contribution in [0.1, 0.15) is 5.89 Å². The van der Waals surface area contributed by atoms with E-state index in [1.807, 2.05) is 0 Å². The Hall–Kier alpha value is -3.16. The van der Waals surface area contributed by atoms with Crippen molar-refractivity contribution in [2.24, 2.45) is 0 Å². The summed E-state index contributed by atoms with van der Waals surface area (Å²) in [6.45, 7) is -0.0780. The molecule has 0 spiro atoms. The average molecular weight is 348 g/mol. The van der Waals surface area contributed by atoms with Gasteiger partial charge in [0.15, 0.2) is 29.7 Å². The van der Waals surface area contributed by atoms with Crippen LogP contribution in [-0.2, 0) is 6.61 Å². The molecule has 3 rings (SSSR count). The summed E-state index contributed by atoms with van der Waals surface area (Å²) in [5.41, 5.74) is 0.643. The van der Waals surface area contributed by atoms with Gasteiger partial charge in [-0.1, -0.05) is 0 Å².